The Morgan fingerprint density at radius 2 is 2.32 bits per heavy atom. The number of aromatic nitrogens is 2. The lowest BCUT2D eigenvalue weighted by atomic mass is 10.1. The summed E-state index contributed by atoms with van der Waals surface area (Å²) in [4.78, 5) is 11.9. The van der Waals surface area contributed by atoms with Crippen LogP contribution in [0.3, 0.4) is 0 Å². The molecule has 4 nitrogen and oxygen atoms in total. The minimum absolute atomic E-state index is 0.184. The van der Waals surface area contributed by atoms with E-state index in [0.29, 0.717) is 10.5 Å². The molecule has 1 aromatic heterocycles. The van der Waals surface area contributed by atoms with Gasteiger partial charge in [-0.3, -0.25) is 4.79 Å². The van der Waals surface area contributed by atoms with Gasteiger partial charge in [0.2, 0.25) is 0 Å². The summed E-state index contributed by atoms with van der Waals surface area (Å²) in [6.07, 6.45) is 11.5. The molecule has 0 aliphatic heterocycles. The van der Waals surface area contributed by atoms with Crippen LogP contribution in [0.2, 0.25) is 0 Å². The maximum Gasteiger partial charge on any atom is 0.284 e. The molecule has 0 amide bonds. The summed E-state index contributed by atoms with van der Waals surface area (Å²) in [6, 6.07) is 0.313. The minimum Gasteiger partial charge on any atom is -0.380 e. The zero-order chi connectivity index (χ0) is 14.3. The van der Waals surface area contributed by atoms with Gasteiger partial charge in [0, 0.05) is 6.04 Å². The van der Waals surface area contributed by atoms with Gasteiger partial charge in [-0.1, -0.05) is 32.1 Å². The smallest absolute Gasteiger partial charge is 0.284 e. The average Bonchev–Trinajstić information content (AvgIpc) is 2.39. The Labute approximate surface area is 122 Å². The van der Waals surface area contributed by atoms with Crippen LogP contribution in [0.1, 0.15) is 39.5 Å². The Balaban J connectivity index is 2.72. The van der Waals surface area contributed by atoms with Gasteiger partial charge in [0.15, 0.2) is 0 Å². The summed E-state index contributed by atoms with van der Waals surface area (Å²) in [7, 11) is 0. The second kappa shape index (κ2) is 8.00. The van der Waals surface area contributed by atoms with Crippen LogP contribution in [0.15, 0.2) is 15.5 Å². The molecule has 0 saturated heterocycles. The number of nitrogens with one attached hydrogen (secondary N) is 1. The van der Waals surface area contributed by atoms with Gasteiger partial charge in [-0.25, -0.2) is 4.68 Å². The number of hydrogen-bond acceptors (Lipinski definition) is 3. The molecule has 0 saturated carbocycles. The first kappa shape index (κ1) is 15.8. The van der Waals surface area contributed by atoms with Crippen LogP contribution in [0.25, 0.3) is 0 Å². The predicted molar refractivity (Wildman–Crippen MR) is 82.3 cm³/mol. The highest BCUT2D eigenvalue weighted by Gasteiger charge is 2.10. The van der Waals surface area contributed by atoms with E-state index in [4.69, 9.17) is 6.42 Å². The third-order valence-electron chi connectivity index (χ3n) is 2.87. The molecule has 0 aliphatic rings. The highest BCUT2D eigenvalue weighted by atomic mass is 79.9. The highest BCUT2D eigenvalue weighted by Crippen LogP contribution is 2.18. The molecule has 0 fully saturated rings. The molecule has 1 heterocycles. The van der Waals surface area contributed by atoms with Crippen molar-refractivity contribution in [2.75, 3.05) is 5.32 Å². The van der Waals surface area contributed by atoms with Crippen molar-refractivity contribution in [2.24, 2.45) is 0 Å². The third kappa shape index (κ3) is 4.71. The topological polar surface area (TPSA) is 46.9 Å². The van der Waals surface area contributed by atoms with Crippen LogP contribution >= 0.6 is 15.9 Å². The molecule has 0 aliphatic carbocycles. The van der Waals surface area contributed by atoms with Gasteiger partial charge in [-0.05, 0) is 29.3 Å². The maximum atomic E-state index is 11.9. The van der Waals surface area contributed by atoms with E-state index in [2.05, 4.69) is 46.1 Å². The number of terminal acetylenes is 1. The molecule has 1 unspecified atom stereocenters. The Hall–Kier alpha value is -1.28. The zero-order valence-corrected chi connectivity index (χ0v) is 13.0. The quantitative estimate of drug-likeness (QED) is 0.619. The summed E-state index contributed by atoms with van der Waals surface area (Å²) in [5.41, 5.74) is 0.519. The van der Waals surface area contributed by atoms with E-state index >= 15 is 0 Å². The highest BCUT2D eigenvalue weighted by molar-refractivity contribution is 9.10. The van der Waals surface area contributed by atoms with Gasteiger partial charge < -0.3 is 5.32 Å². The van der Waals surface area contributed by atoms with Crippen LogP contribution in [0.4, 0.5) is 5.69 Å². The lowest BCUT2D eigenvalue weighted by molar-refractivity contribution is 0.611. The van der Waals surface area contributed by atoms with Crippen molar-refractivity contribution in [3.8, 4) is 12.3 Å². The van der Waals surface area contributed by atoms with Crippen LogP contribution in [0, 0.1) is 12.3 Å². The lowest BCUT2D eigenvalue weighted by Crippen LogP contribution is -2.25. The summed E-state index contributed by atoms with van der Waals surface area (Å²) in [5.74, 6) is 2.41. The van der Waals surface area contributed by atoms with Gasteiger partial charge in [0.1, 0.15) is 11.0 Å². The standard InChI is InChI=1S/C14H20BrN3O/c1-4-6-7-8-11(3)17-12-10-16-18(9-5-2)14(19)13(12)15/h2,10-11,17H,4,6-9H2,1,3H3. The van der Waals surface area contributed by atoms with E-state index in [1.807, 2.05) is 0 Å². The third-order valence-corrected chi connectivity index (χ3v) is 3.63. The van der Waals surface area contributed by atoms with E-state index in [9.17, 15) is 4.79 Å². The molecule has 1 N–H and O–H groups in total. The lowest BCUT2D eigenvalue weighted by Gasteiger charge is -2.16. The Morgan fingerprint density at radius 3 is 2.95 bits per heavy atom. The van der Waals surface area contributed by atoms with Crippen LogP contribution in [0.5, 0.6) is 0 Å². The normalized spacial score (nSPS) is 11.9. The van der Waals surface area contributed by atoms with E-state index in [-0.39, 0.29) is 12.1 Å². The maximum absolute atomic E-state index is 11.9. The van der Waals surface area contributed by atoms with E-state index < -0.39 is 0 Å². The van der Waals surface area contributed by atoms with Crippen molar-refractivity contribution in [3.05, 3.63) is 21.0 Å². The molecule has 1 aromatic rings. The Morgan fingerprint density at radius 1 is 1.58 bits per heavy atom. The van der Waals surface area contributed by atoms with Gasteiger partial charge in [0.05, 0.1) is 11.9 Å². The van der Waals surface area contributed by atoms with Crippen LogP contribution < -0.4 is 10.9 Å². The summed E-state index contributed by atoms with van der Waals surface area (Å²) < 4.78 is 1.75. The number of anilines is 1. The molecule has 1 rings (SSSR count). The SMILES string of the molecule is C#CCn1ncc(NC(C)CCCCC)c(Br)c1=O. The number of rotatable bonds is 7. The molecule has 0 spiro atoms. The molecular weight excluding hydrogens is 306 g/mol. The number of hydrogen-bond donors (Lipinski definition) is 1. The van der Waals surface area contributed by atoms with Crippen molar-refractivity contribution in [1.82, 2.24) is 9.78 Å². The summed E-state index contributed by atoms with van der Waals surface area (Å²) in [5, 5.41) is 7.35. The van der Waals surface area contributed by atoms with E-state index in [1.165, 1.54) is 23.9 Å². The fourth-order valence-electron chi connectivity index (χ4n) is 1.80. The summed E-state index contributed by atoms with van der Waals surface area (Å²) in [6.45, 7) is 4.47. The molecule has 19 heavy (non-hydrogen) atoms. The summed E-state index contributed by atoms with van der Waals surface area (Å²) >= 11 is 3.31. The second-order valence-corrected chi connectivity index (χ2v) is 5.37. The zero-order valence-electron chi connectivity index (χ0n) is 11.4. The molecule has 0 bridgehead atoms. The van der Waals surface area contributed by atoms with E-state index in [0.717, 1.165) is 12.1 Å². The van der Waals surface area contributed by atoms with Gasteiger partial charge in [0.25, 0.3) is 5.56 Å². The van der Waals surface area contributed by atoms with Crippen molar-refractivity contribution in [1.29, 1.82) is 0 Å². The van der Waals surface area contributed by atoms with Crippen molar-refractivity contribution in [2.45, 2.75) is 52.1 Å². The largest absolute Gasteiger partial charge is 0.380 e. The minimum atomic E-state index is -0.205. The molecular formula is C14H20BrN3O. The van der Waals surface area contributed by atoms with E-state index in [1.54, 1.807) is 6.20 Å². The van der Waals surface area contributed by atoms with Gasteiger partial charge >= 0.3 is 0 Å². The first-order chi connectivity index (χ1) is 9.10. The first-order valence-corrected chi connectivity index (χ1v) is 7.35. The molecule has 5 heteroatoms. The fourth-order valence-corrected chi connectivity index (χ4v) is 2.22. The number of unbranched alkanes of at least 4 members (excludes halogenated alkanes) is 2. The Bertz CT molecular complexity index is 504. The van der Waals surface area contributed by atoms with Crippen LogP contribution in [-0.2, 0) is 6.54 Å². The van der Waals surface area contributed by atoms with Crippen LogP contribution in [-0.4, -0.2) is 15.8 Å². The second-order valence-electron chi connectivity index (χ2n) is 4.58. The van der Waals surface area contributed by atoms with Gasteiger partial charge in [-0.2, -0.15) is 5.10 Å². The predicted octanol–water partition coefficient (Wildman–Crippen LogP) is 3.02. The van der Waals surface area contributed by atoms with Crippen molar-refractivity contribution >= 4 is 21.6 Å². The fraction of sp³-hybridized carbons (Fsp3) is 0.571. The van der Waals surface area contributed by atoms with Crippen molar-refractivity contribution in [3.63, 3.8) is 0 Å². The molecule has 0 aromatic carbocycles. The van der Waals surface area contributed by atoms with Gasteiger partial charge in [-0.15, -0.1) is 6.42 Å². The monoisotopic (exact) mass is 325 g/mol. The average molecular weight is 326 g/mol. The molecule has 104 valence electrons. The van der Waals surface area contributed by atoms with Crippen molar-refractivity contribution < 1.29 is 0 Å². The number of halogens is 1. The Kier molecular flexibility index (Phi) is 6.65. The molecule has 0 radical (unpaired) electrons. The molecule has 1 atom stereocenters. The number of nitrogens with zero attached hydrogens (tertiary/aromatic N) is 2. The first-order valence-electron chi connectivity index (χ1n) is 6.55.